The van der Waals surface area contributed by atoms with Gasteiger partial charge in [-0.05, 0) is 50.7 Å². The molecule has 1 aromatic rings. The first-order valence-corrected chi connectivity index (χ1v) is 19.4. The molecule has 46 heavy (non-hydrogen) atoms. The molecular weight excluding hydrogens is 600 g/mol. The lowest BCUT2D eigenvalue weighted by molar-refractivity contribution is 0.0446. The molecule has 0 aromatic heterocycles. The Morgan fingerprint density at radius 2 is 0.913 bits per heavy atom. The average Bonchev–Trinajstić information content (AvgIpc) is 3.04. The molecule has 0 bridgehead atoms. The highest BCUT2D eigenvalue weighted by atomic mass is 32.2. The summed E-state index contributed by atoms with van der Waals surface area (Å²) in [7, 11) is -4.76. The molecule has 0 fully saturated rings. The Bertz CT molecular complexity index is 1080. The number of carbonyl (C=O) groups excluding carboxylic acids is 2. The van der Waals surface area contributed by atoms with E-state index in [1.165, 1.54) is 102 Å². The summed E-state index contributed by atoms with van der Waals surface area (Å²) in [4.78, 5) is 25.1. The third kappa shape index (κ3) is 20.6. The molecule has 262 valence electrons. The molecule has 0 radical (unpaired) electrons. The van der Waals surface area contributed by atoms with Crippen LogP contribution in [0.15, 0.2) is 48.4 Å². The van der Waals surface area contributed by atoms with E-state index in [1.807, 2.05) is 12.2 Å². The van der Waals surface area contributed by atoms with Crippen molar-refractivity contribution in [2.45, 2.75) is 159 Å². The van der Waals surface area contributed by atoms with Gasteiger partial charge >= 0.3 is 11.9 Å². The van der Waals surface area contributed by atoms with Crippen LogP contribution in [0.1, 0.15) is 175 Å². The number of ether oxygens (including phenoxy) is 2. The zero-order valence-electron chi connectivity index (χ0n) is 28.5. The summed E-state index contributed by atoms with van der Waals surface area (Å²) in [6.45, 7) is 7.79. The Morgan fingerprint density at radius 3 is 1.28 bits per heavy atom. The molecule has 0 unspecified atom stereocenters. The van der Waals surface area contributed by atoms with Crippen LogP contribution in [0.5, 0.6) is 0 Å². The van der Waals surface area contributed by atoms with Gasteiger partial charge in [0, 0.05) is 0 Å². The zero-order valence-corrected chi connectivity index (χ0v) is 29.3. The molecule has 0 aliphatic heterocycles. The summed E-state index contributed by atoms with van der Waals surface area (Å²) in [5, 5.41) is 0. The predicted molar refractivity (Wildman–Crippen MR) is 188 cm³/mol. The second-order valence-electron chi connectivity index (χ2n) is 12.4. The third-order valence-corrected chi connectivity index (χ3v) is 9.20. The fourth-order valence-electron chi connectivity index (χ4n) is 5.57. The van der Waals surface area contributed by atoms with Crippen molar-refractivity contribution in [1.29, 1.82) is 0 Å². The second kappa shape index (κ2) is 27.6. The quantitative estimate of drug-likeness (QED) is 0.0365. The van der Waals surface area contributed by atoms with Crippen molar-refractivity contribution < 1.29 is 32.0 Å². The van der Waals surface area contributed by atoms with E-state index in [9.17, 15) is 22.6 Å². The molecule has 0 atom stereocenters. The van der Waals surface area contributed by atoms with Crippen LogP contribution >= 0.6 is 0 Å². The van der Waals surface area contributed by atoms with Crippen molar-refractivity contribution in [3.05, 3.63) is 54.6 Å². The lowest BCUT2D eigenvalue weighted by atomic mass is 10.1. The van der Waals surface area contributed by atoms with Gasteiger partial charge in [0.15, 0.2) is 0 Å². The number of carbonyl (C=O) groups is 2. The highest BCUT2D eigenvalue weighted by molar-refractivity contribution is 7.86. The number of unbranched alkanes of at least 4 members (excludes halogenated alkanes) is 22. The Balaban J connectivity index is 2.34. The molecule has 0 spiro atoms. The van der Waals surface area contributed by atoms with Crippen LogP contribution in [0.3, 0.4) is 0 Å². The topological polar surface area (TPSA) is 107 Å². The number of allylic oxidation sites excluding steroid dienone is 2. The number of hydrogen-bond donors (Lipinski definition) is 1. The first kappa shape index (κ1) is 41.6. The molecule has 1 aromatic carbocycles. The van der Waals surface area contributed by atoms with Gasteiger partial charge in [0.1, 0.15) is 4.90 Å². The Kier molecular flexibility index (Phi) is 25.0. The van der Waals surface area contributed by atoms with Gasteiger partial charge < -0.3 is 9.47 Å². The lowest BCUT2D eigenvalue weighted by Crippen LogP contribution is -2.19. The molecule has 0 saturated carbocycles. The Labute approximate surface area is 280 Å². The van der Waals surface area contributed by atoms with Crippen LogP contribution < -0.4 is 0 Å². The van der Waals surface area contributed by atoms with E-state index in [-0.39, 0.29) is 18.8 Å². The average molecular weight is 663 g/mol. The number of esters is 2. The largest absolute Gasteiger partial charge is 0.462 e. The molecule has 0 aliphatic rings. The third-order valence-electron chi connectivity index (χ3n) is 8.30. The van der Waals surface area contributed by atoms with Crippen molar-refractivity contribution in [3.8, 4) is 0 Å². The maximum absolute atomic E-state index is 12.9. The maximum atomic E-state index is 12.9. The first-order chi connectivity index (χ1) is 22.3. The molecule has 0 saturated heterocycles. The standard InChI is InChI=1S/C38H62O7S/c1-3-5-7-9-11-13-15-17-19-21-23-25-27-32-44-37(39)34-30-29-31-35(46(41,42)43)36(34)38(40)45-33-28-26-24-22-20-18-16-14-12-10-8-6-4-2/h3-4,29-31H,1-2,5-28,32-33H2,(H,41,42,43). The summed E-state index contributed by atoms with van der Waals surface area (Å²) >= 11 is 0. The van der Waals surface area contributed by atoms with E-state index in [1.54, 1.807) is 0 Å². The van der Waals surface area contributed by atoms with Gasteiger partial charge in [0.2, 0.25) is 0 Å². The highest BCUT2D eigenvalue weighted by Crippen LogP contribution is 2.23. The maximum Gasteiger partial charge on any atom is 0.340 e. The fourth-order valence-corrected chi connectivity index (χ4v) is 6.27. The first-order valence-electron chi connectivity index (χ1n) is 18.0. The van der Waals surface area contributed by atoms with Gasteiger partial charge in [0.25, 0.3) is 10.1 Å². The van der Waals surface area contributed by atoms with Crippen molar-refractivity contribution in [3.63, 3.8) is 0 Å². The molecule has 0 amide bonds. The van der Waals surface area contributed by atoms with E-state index >= 15 is 0 Å². The van der Waals surface area contributed by atoms with Gasteiger partial charge in [-0.25, -0.2) is 9.59 Å². The van der Waals surface area contributed by atoms with Gasteiger partial charge in [-0.2, -0.15) is 8.42 Å². The minimum absolute atomic E-state index is 0.105. The summed E-state index contributed by atoms with van der Waals surface area (Å²) in [5.74, 6) is -1.76. The minimum Gasteiger partial charge on any atom is -0.462 e. The lowest BCUT2D eigenvalue weighted by Gasteiger charge is -2.13. The van der Waals surface area contributed by atoms with Gasteiger partial charge in [-0.3, -0.25) is 4.55 Å². The Hall–Kier alpha value is -2.45. The van der Waals surface area contributed by atoms with Crippen LogP contribution in [0.2, 0.25) is 0 Å². The molecule has 7 nitrogen and oxygen atoms in total. The summed E-state index contributed by atoms with van der Waals surface area (Å²) < 4.78 is 44.5. The van der Waals surface area contributed by atoms with Gasteiger partial charge in [-0.15, -0.1) is 13.2 Å². The smallest absolute Gasteiger partial charge is 0.340 e. The van der Waals surface area contributed by atoms with Crippen LogP contribution in [-0.2, 0) is 19.6 Å². The fraction of sp³-hybridized carbons (Fsp3) is 0.684. The minimum atomic E-state index is -4.76. The van der Waals surface area contributed by atoms with Crippen LogP contribution in [0, 0.1) is 0 Å². The van der Waals surface area contributed by atoms with Crippen LogP contribution in [-0.4, -0.2) is 38.1 Å². The number of hydrogen-bond acceptors (Lipinski definition) is 6. The summed E-state index contributed by atoms with van der Waals surface area (Å²) in [6, 6.07) is 3.72. The van der Waals surface area contributed by atoms with Crippen molar-refractivity contribution >= 4 is 22.1 Å². The van der Waals surface area contributed by atoms with E-state index in [4.69, 9.17) is 9.47 Å². The van der Waals surface area contributed by atoms with E-state index in [0.717, 1.165) is 57.4 Å². The molecular formula is C38H62O7S. The molecule has 0 heterocycles. The van der Waals surface area contributed by atoms with Gasteiger partial charge in [-0.1, -0.05) is 134 Å². The van der Waals surface area contributed by atoms with Crippen LogP contribution in [0.4, 0.5) is 0 Å². The van der Waals surface area contributed by atoms with Crippen molar-refractivity contribution in [2.75, 3.05) is 13.2 Å². The number of benzene rings is 1. The number of rotatable bonds is 31. The van der Waals surface area contributed by atoms with E-state index in [2.05, 4.69) is 13.2 Å². The molecule has 8 heteroatoms. The van der Waals surface area contributed by atoms with E-state index < -0.39 is 32.5 Å². The van der Waals surface area contributed by atoms with Crippen molar-refractivity contribution in [1.82, 2.24) is 0 Å². The zero-order chi connectivity index (χ0) is 33.7. The monoisotopic (exact) mass is 662 g/mol. The molecule has 1 N–H and O–H groups in total. The predicted octanol–water partition coefficient (Wildman–Crippen LogP) is 11.0. The van der Waals surface area contributed by atoms with E-state index in [0.29, 0.717) is 12.8 Å². The molecule has 0 aliphatic carbocycles. The Morgan fingerprint density at radius 1 is 0.565 bits per heavy atom. The second-order valence-corrected chi connectivity index (χ2v) is 13.7. The summed E-state index contributed by atoms with van der Waals surface area (Å²) in [5.41, 5.74) is -0.689. The van der Waals surface area contributed by atoms with Crippen LogP contribution in [0.25, 0.3) is 0 Å². The summed E-state index contributed by atoms with van der Waals surface area (Å²) in [6.07, 6.45) is 31.3. The van der Waals surface area contributed by atoms with Crippen molar-refractivity contribution in [2.24, 2.45) is 0 Å². The highest BCUT2D eigenvalue weighted by Gasteiger charge is 2.28. The SMILES string of the molecule is C=CCCCCCCCCCCCCCOC(=O)c1cccc(S(=O)(=O)O)c1C(=O)OCCCCCCCCCCCCCC=C. The van der Waals surface area contributed by atoms with Gasteiger partial charge in [0.05, 0.1) is 24.3 Å². The molecule has 1 rings (SSSR count). The normalized spacial score (nSPS) is 11.3.